The number of rotatable bonds is 4. The molecule has 0 saturated carbocycles. The van der Waals surface area contributed by atoms with E-state index >= 15 is 0 Å². The minimum atomic E-state index is -0.507. The molecule has 1 unspecified atom stereocenters. The van der Waals surface area contributed by atoms with E-state index in [4.69, 9.17) is 5.26 Å². The Bertz CT molecular complexity index is 692. The Hall–Kier alpha value is -2.47. The number of aromatic nitrogens is 4. The highest BCUT2D eigenvalue weighted by Gasteiger charge is 2.22. The monoisotopic (exact) mass is 290 g/mol. The summed E-state index contributed by atoms with van der Waals surface area (Å²) in [4.78, 5) is 22.2. The molecule has 102 valence electrons. The topological polar surface area (TPSA) is 111 Å². The summed E-state index contributed by atoms with van der Waals surface area (Å²) < 4.78 is 1.38. The Labute approximate surface area is 119 Å². The van der Waals surface area contributed by atoms with Crippen LogP contribution in [-0.2, 0) is 13.5 Å². The zero-order valence-electron chi connectivity index (χ0n) is 10.5. The van der Waals surface area contributed by atoms with E-state index in [0.29, 0.717) is 17.9 Å². The number of nitriles is 1. The molecule has 0 amide bonds. The summed E-state index contributed by atoms with van der Waals surface area (Å²) >= 11 is 4.39. The lowest BCUT2D eigenvalue weighted by Crippen LogP contribution is -2.08. The highest BCUT2D eigenvalue weighted by molar-refractivity contribution is 7.80. The van der Waals surface area contributed by atoms with Crippen LogP contribution in [0.1, 0.15) is 22.5 Å². The first-order chi connectivity index (χ1) is 9.54. The smallest absolute Gasteiger partial charge is 0.342 e. The van der Waals surface area contributed by atoms with Crippen LogP contribution in [0.15, 0.2) is 18.6 Å². The van der Waals surface area contributed by atoms with Crippen molar-refractivity contribution in [2.75, 3.05) is 0 Å². The maximum atomic E-state index is 10.8. The minimum absolute atomic E-state index is 0.0971. The molecule has 1 atom stereocenters. The molecule has 2 aromatic heterocycles. The largest absolute Gasteiger partial charge is 0.358 e. The molecule has 8 nitrogen and oxygen atoms in total. The summed E-state index contributed by atoms with van der Waals surface area (Å²) in [5.41, 5.74) is 0.625. The van der Waals surface area contributed by atoms with Gasteiger partial charge < -0.3 is 10.1 Å². The van der Waals surface area contributed by atoms with Crippen LogP contribution in [-0.4, -0.2) is 24.4 Å². The molecule has 0 radical (unpaired) electrons. The summed E-state index contributed by atoms with van der Waals surface area (Å²) in [5.74, 6) is 0.395. The molecule has 20 heavy (non-hydrogen) atoms. The van der Waals surface area contributed by atoms with E-state index in [0.717, 1.165) is 0 Å². The Kier molecular flexibility index (Phi) is 3.95. The molecule has 0 aliphatic carbocycles. The van der Waals surface area contributed by atoms with Crippen molar-refractivity contribution in [3.63, 3.8) is 0 Å². The third-order valence-corrected chi connectivity index (χ3v) is 3.20. The van der Waals surface area contributed by atoms with Crippen molar-refractivity contribution < 1.29 is 4.92 Å². The Morgan fingerprint density at radius 3 is 2.80 bits per heavy atom. The van der Waals surface area contributed by atoms with Crippen molar-refractivity contribution in [3.05, 3.63) is 45.9 Å². The van der Waals surface area contributed by atoms with E-state index in [1.807, 2.05) is 6.07 Å². The van der Waals surface area contributed by atoms with Crippen molar-refractivity contribution >= 4 is 18.4 Å². The molecule has 0 aliphatic heterocycles. The number of thiol groups is 1. The first kappa shape index (κ1) is 14.0. The number of hydrogen-bond donors (Lipinski definition) is 1. The van der Waals surface area contributed by atoms with Crippen LogP contribution in [0, 0.1) is 21.4 Å². The minimum Gasteiger partial charge on any atom is -0.358 e. The summed E-state index contributed by atoms with van der Waals surface area (Å²) in [6.45, 7) is 0. The second-order valence-electron chi connectivity index (χ2n) is 3.97. The van der Waals surface area contributed by atoms with Crippen molar-refractivity contribution in [3.8, 4) is 6.07 Å². The average Bonchev–Trinajstić information content (AvgIpc) is 2.80. The molecule has 2 aromatic rings. The lowest BCUT2D eigenvalue weighted by molar-refractivity contribution is -0.391. The Balaban J connectivity index is 2.26. The van der Waals surface area contributed by atoms with Gasteiger partial charge in [0.15, 0.2) is 11.5 Å². The zero-order chi connectivity index (χ0) is 14.7. The van der Waals surface area contributed by atoms with Crippen molar-refractivity contribution in [1.29, 1.82) is 5.26 Å². The third kappa shape index (κ3) is 2.60. The maximum Gasteiger partial charge on any atom is 0.342 e. The highest BCUT2D eigenvalue weighted by atomic mass is 32.1. The summed E-state index contributed by atoms with van der Waals surface area (Å²) in [5, 5.41) is 19.3. The van der Waals surface area contributed by atoms with Gasteiger partial charge >= 0.3 is 5.82 Å². The van der Waals surface area contributed by atoms with E-state index in [-0.39, 0.29) is 11.5 Å². The normalized spacial score (nSPS) is 11.8. The van der Waals surface area contributed by atoms with Gasteiger partial charge in [-0.1, -0.05) is 0 Å². The zero-order valence-corrected chi connectivity index (χ0v) is 11.4. The average molecular weight is 290 g/mol. The summed E-state index contributed by atoms with van der Waals surface area (Å²) in [7, 11) is 1.56. The quantitative estimate of drug-likeness (QED) is 0.514. The van der Waals surface area contributed by atoms with Crippen molar-refractivity contribution in [2.24, 2.45) is 7.05 Å². The number of imidazole rings is 1. The van der Waals surface area contributed by atoms with Gasteiger partial charge in [-0.3, -0.25) is 4.98 Å². The van der Waals surface area contributed by atoms with Gasteiger partial charge in [0.05, 0.1) is 18.0 Å². The van der Waals surface area contributed by atoms with Crippen LogP contribution in [0.25, 0.3) is 0 Å². The molecule has 0 fully saturated rings. The fourth-order valence-electron chi connectivity index (χ4n) is 1.75. The lowest BCUT2D eigenvalue weighted by Gasteiger charge is -2.08. The van der Waals surface area contributed by atoms with Gasteiger partial charge in [0.25, 0.3) is 0 Å². The molecule has 0 aromatic carbocycles. The fraction of sp³-hybridized carbons (Fsp3) is 0.273. The molecule has 0 aliphatic rings. The predicted octanol–water partition coefficient (Wildman–Crippen LogP) is 1.20. The second-order valence-corrected chi connectivity index (χ2v) is 4.59. The van der Waals surface area contributed by atoms with Gasteiger partial charge in [0, 0.05) is 18.8 Å². The number of hydrogen-bond acceptors (Lipinski definition) is 7. The van der Waals surface area contributed by atoms with E-state index in [1.54, 1.807) is 7.05 Å². The number of nitro groups is 1. The Morgan fingerprint density at radius 1 is 1.50 bits per heavy atom. The van der Waals surface area contributed by atoms with Gasteiger partial charge in [0.2, 0.25) is 0 Å². The van der Waals surface area contributed by atoms with E-state index in [2.05, 4.69) is 27.6 Å². The van der Waals surface area contributed by atoms with Crippen LogP contribution in [0.2, 0.25) is 0 Å². The van der Waals surface area contributed by atoms with Crippen LogP contribution in [0.4, 0.5) is 5.82 Å². The third-order valence-electron chi connectivity index (χ3n) is 2.77. The van der Waals surface area contributed by atoms with Gasteiger partial charge in [-0.05, 0) is 4.92 Å². The summed E-state index contributed by atoms with van der Waals surface area (Å²) in [6, 6.07) is 1.94. The molecular weight excluding hydrogens is 280 g/mol. The van der Waals surface area contributed by atoms with Gasteiger partial charge in [-0.2, -0.15) is 17.9 Å². The Morgan fingerprint density at radius 2 is 2.20 bits per heavy atom. The lowest BCUT2D eigenvalue weighted by atomic mass is 10.2. The molecule has 0 bridgehead atoms. The van der Waals surface area contributed by atoms with Crippen LogP contribution < -0.4 is 0 Å². The SMILES string of the molecule is Cn1c([N+](=O)[O-])cnc1CC(S)c1nccnc1C#N. The highest BCUT2D eigenvalue weighted by Crippen LogP contribution is 2.25. The van der Waals surface area contributed by atoms with Gasteiger partial charge in [-0.25, -0.2) is 14.5 Å². The van der Waals surface area contributed by atoms with Crippen molar-refractivity contribution in [1.82, 2.24) is 19.5 Å². The molecule has 2 heterocycles. The van der Waals surface area contributed by atoms with Gasteiger partial charge in [0.1, 0.15) is 12.3 Å². The second kappa shape index (κ2) is 5.66. The molecule has 0 saturated heterocycles. The van der Waals surface area contributed by atoms with E-state index in [1.165, 1.54) is 23.2 Å². The molecule has 9 heteroatoms. The predicted molar refractivity (Wildman–Crippen MR) is 72.0 cm³/mol. The van der Waals surface area contributed by atoms with E-state index < -0.39 is 10.2 Å². The number of nitrogens with zero attached hydrogens (tertiary/aromatic N) is 6. The molecule has 0 spiro atoms. The van der Waals surface area contributed by atoms with Crippen molar-refractivity contribution in [2.45, 2.75) is 11.7 Å². The maximum absolute atomic E-state index is 10.8. The standard InChI is InChI=1S/C11H10N6O2S/c1-16-9(15-6-10(16)17(18)19)4-8(20)11-7(5-12)13-2-3-14-11/h2-3,6,8,20H,4H2,1H3. The molecule has 2 rings (SSSR count). The summed E-state index contributed by atoms with van der Waals surface area (Å²) in [6.07, 6.45) is 4.40. The fourth-order valence-corrected chi connectivity index (χ4v) is 2.10. The van der Waals surface area contributed by atoms with E-state index in [9.17, 15) is 10.1 Å². The van der Waals surface area contributed by atoms with Crippen LogP contribution in [0.5, 0.6) is 0 Å². The van der Waals surface area contributed by atoms with Crippen LogP contribution in [0.3, 0.4) is 0 Å². The molecular formula is C11H10N6O2S. The van der Waals surface area contributed by atoms with Crippen LogP contribution >= 0.6 is 12.6 Å². The first-order valence-corrected chi connectivity index (χ1v) is 6.10. The first-order valence-electron chi connectivity index (χ1n) is 5.58. The molecule has 0 N–H and O–H groups in total. The van der Waals surface area contributed by atoms with Gasteiger partial charge in [-0.15, -0.1) is 0 Å².